The van der Waals surface area contributed by atoms with Crippen LogP contribution < -0.4 is 4.90 Å². The first kappa shape index (κ1) is 20.0. The number of hydrogen-bond acceptors (Lipinski definition) is 4. The van der Waals surface area contributed by atoms with Crippen molar-refractivity contribution < 1.29 is 4.79 Å². The third kappa shape index (κ3) is 4.12. The number of nitrogens with zero attached hydrogens (tertiary/aromatic N) is 5. The third-order valence-electron chi connectivity index (χ3n) is 5.80. The Morgan fingerprint density at radius 2 is 1.50 bits per heavy atom. The number of aromatic nitrogens is 3. The smallest absolute Gasteiger partial charge is 0.253 e. The highest BCUT2D eigenvalue weighted by Crippen LogP contribution is 2.23. The molecule has 0 N–H and O–H groups in total. The maximum Gasteiger partial charge on any atom is 0.253 e. The molecule has 1 amide bonds. The van der Waals surface area contributed by atoms with Crippen LogP contribution in [0.2, 0.25) is 0 Å². The fraction of sp³-hybridized carbons (Fsp3) is 0.192. The first-order valence-corrected chi connectivity index (χ1v) is 10.9. The molecule has 2 aromatic heterocycles. The molecule has 2 aromatic carbocycles. The third-order valence-corrected chi connectivity index (χ3v) is 5.80. The van der Waals surface area contributed by atoms with Crippen molar-refractivity contribution in [1.82, 2.24) is 19.4 Å². The quantitative estimate of drug-likeness (QED) is 0.494. The second-order valence-electron chi connectivity index (χ2n) is 7.94. The molecule has 5 rings (SSSR count). The Bertz CT molecular complexity index is 1190. The maximum absolute atomic E-state index is 13.0. The van der Waals surface area contributed by atoms with Crippen LogP contribution in [0.3, 0.4) is 0 Å². The minimum absolute atomic E-state index is 0.0764. The van der Waals surface area contributed by atoms with Gasteiger partial charge in [-0.3, -0.25) is 4.79 Å². The van der Waals surface area contributed by atoms with Crippen molar-refractivity contribution in [3.63, 3.8) is 0 Å². The lowest BCUT2D eigenvalue weighted by Crippen LogP contribution is -2.49. The van der Waals surface area contributed by atoms with Gasteiger partial charge in [0.15, 0.2) is 0 Å². The summed E-state index contributed by atoms with van der Waals surface area (Å²) in [6, 6.07) is 23.9. The van der Waals surface area contributed by atoms with E-state index in [9.17, 15) is 4.79 Å². The summed E-state index contributed by atoms with van der Waals surface area (Å²) in [6.07, 6.45) is 3.99. The molecule has 4 aromatic rings. The van der Waals surface area contributed by atoms with Gasteiger partial charge in [-0.15, -0.1) is 0 Å². The van der Waals surface area contributed by atoms with Gasteiger partial charge in [-0.25, -0.2) is 9.97 Å². The highest BCUT2D eigenvalue weighted by Gasteiger charge is 2.23. The van der Waals surface area contributed by atoms with Crippen molar-refractivity contribution in [3.05, 3.63) is 96.6 Å². The topological polar surface area (TPSA) is 54.3 Å². The molecule has 1 saturated heterocycles. The molecule has 0 aliphatic carbocycles. The number of piperazine rings is 1. The molecule has 0 radical (unpaired) electrons. The van der Waals surface area contributed by atoms with Gasteiger partial charge in [0.2, 0.25) is 0 Å². The summed E-state index contributed by atoms with van der Waals surface area (Å²) in [4.78, 5) is 26.4. The van der Waals surface area contributed by atoms with Crippen LogP contribution in [0.1, 0.15) is 16.2 Å². The molecular weight excluding hydrogens is 398 g/mol. The normalized spacial score (nSPS) is 13.9. The first-order valence-electron chi connectivity index (χ1n) is 10.9. The lowest BCUT2D eigenvalue weighted by Gasteiger charge is -2.35. The summed E-state index contributed by atoms with van der Waals surface area (Å²) >= 11 is 0. The van der Waals surface area contributed by atoms with Gasteiger partial charge in [-0.05, 0) is 43.3 Å². The van der Waals surface area contributed by atoms with Crippen molar-refractivity contribution in [1.29, 1.82) is 0 Å². The van der Waals surface area contributed by atoms with Crippen LogP contribution in [0.4, 0.5) is 5.82 Å². The van der Waals surface area contributed by atoms with Crippen molar-refractivity contribution in [3.8, 4) is 16.9 Å². The van der Waals surface area contributed by atoms with Gasteiger partial charge in [0.25, 0.3) is 5.91 Å². The van der Waals surface area contributed by atoms with E-state index in [1.165, 1.54) is 0 Å². The fourth-order valence-corrected chi connectivity index (χ4v) is 4.07. The van der Waals surface area contributed by atoms with Gasteiger partial charge in [0, 0.05) is 61.5 Å². The van der Waals surface area contributed by atoms with E-state index in [2.05, 4.69) is 27.0 Å². The van der Waals surface area contributed by atoms with E-state index in [1.807, 2.05) is 89.4 Å². The van der Waals surface area contributed by atoms with Crippen LogP contribution in [0.5, 0.6) is 0 Å². The zero-order valence-corrected chi connectivity index (χ0v) is 18.1. The van der Waals surface area contributed by atoms with Crippen LogP contribution in [0, 0.1) is 6.92 Å². The highest BCUT2D eigenvalue weighted by molar-refractivity contribution is 5.94. The molecule has 160 valence electrons. The van der Waals surface area contributed by atoms with E-state index in [0.29, 0.717) is 13.1 Å². The number of amides is 1. The second-order valence-corrected chi connectivity index (χ2v) is 7.94. The van der Waals surface area contributed by atoms with E-state index in [-0.39, 0.29) is 5.91 Å². The lowest BCUT2D eigenvalue weighted by molar-refractivity contribution is 0.0746. The van der Waals surface area contributed by atoms with E-state index < -0.39 is 0 Å². The number of benzene rings is 2. The largest absolute Gasteiger partial charge is 0.353 e. The van der Waals surface area contributed by atoms with E-state index in [4.69, 9.17) is 0 Å². The van der Waals surface area contributed by atoms with Crippen LogP contribution in [-0.2, 0) is 0 Å². The molecular formula is C26H25N5O. The Morgan fingerprint density at radius 3 is 2.19 bits per heavy atom. The minimum Gasteiger partial charge on any atom is -0.353 e. The number of carbonyl (C=O) groups excluding carboxylic acids is 1. The number of carbonyl (C=O) groups is 1. The van der Waals surface area contributed by atoms with Gasteiger partial charge in [-0.1, -0.05) is 30.3 Å². The van der Waals surface area contributed by atoms with Crippen molar-refractivity contribution in [2.45, 2.75) is 6.92 Å². The Balaban J connectivity index is 1.26. The summed E-state index contributed by atoms with van der Waals surface area (Å²) in [7, 11) is 0. The van der Waals surface area contributed by atoms with Gasteiger partial charge < -0.3 is 14.4 Å². The number of anilines is 1. The van der Waals surface area contributed by atoms with Crippen LogP contribution in [0.25, 0.3) is 16.9 Å². The Morgan fingerprint density at radius 1 is 0.812 bits per heavy atom. The Labute approximate surface area is 187 Å². The fourth-order valence-electron chi connectivity index (χ4n) is 4.07. The molecule has 0 spiro atoms. The van der Waals surface area contributed by atoms with Crippen LogP contribution >= 0.6 is 0 Å². The van der Waals surface area contributed by atoms with Gasteiger partial charge in [-0.2, -0.15) is 0 Å². The molecule has 6 heteroatoms. The van der Waals surface area contributed by atoms with Gasteiger partial charge in [0.05, 0.1) is 5.69 Å². The predicted octanol–water partition coefficient (Wildman–Crippen LogP) is 4.21. The molecule has 1 fully saturated rings. The molecule has 3 heterocycles. The van der Waals surface area contributed by atoms with Crippen molar-refractivity contribution in [2.24, 2.45) is 0 Å². The molecule has 0 atom stereocenters. The van der Waals surface area contributed by atoms with Gasteiger partial charge in [0.1, 0.15) is 11.6 Å². The highest BCUT2D eigenvalue weighted by atomic mass is 16.2. The summed E-state index contributed by atoms with van der Waals surface area (Å²) in [6.45, 7) is 4.76. The molecule has 0 saturated carbocycles. The van der Waals surface area contributed by atoms with E-state index in [0.717, 1.165) is 47.2 Å². The van der Waals surface area contributed by atoms with E-state index >= 15 is 0 Å². The van der Waals surface area contributed by atoms with Crippen molar-refractivity contribution >= 4 is 11.7 Å². The molecule has 32 heavy (non-hydrogen) atoms. The number of rotatable bonds is 4. The zero-order chi connectivity index (χ0) is 21.9. The predicted molar refractivity (Wildman–Crippen MR) is 126 cm³/mol. The Hall–Kier alpha value is -3.93. The summed E-state index contributed by atoms with van der Waals surface area (Å²) < 4.78 is 2.03. The molecule has 0 unspecified atom stereocenters. The molecule has 1 aliphatic heterocycles. The van der Waals surface area contributed by atoms with Crippen LogP contribution in [-0.4, -0.2) is 51.5 Å². The molecule has 0 bridgehead atoms. The minimum atomic E-state index is 0.0764. The standard InChI is InChI=1S/C26H25N5O/c1-20-27-24(21-7-3-2-4-8-21)19-25(28-20)30-15-17-31(18-16-30)26(32)22-9-11-23(12-10-22)29-13-5-6-14-29/h2-14,19H,15-18H2,1H3. The zero-order valence-electron chi connectivity index (χ0n) is 18.1. The Kier molecular flexibility index (Phi) is 5.42. The van der Waals surface area contributed by atoms with Crippen molar-refractivity contribution in [2.75, 3.05) is 31.1 Å². The first-order chi connectivity index (χ1) is 15.7. The van der Waals surface area contributed by atoms with E-state index in [1.54, 1.807) is 0 Å². The SMILES string of the molecule is Cc1nc(-c2ccccc2)cc(N2CCN(C(=O)c3ccc(-n4cccc4)cc3)CC2)n1. The summed E-state index contributed by atoms with van der Waals surface area (Å²) in [5.74, 6) is 1.75. The summed E-state index contributed by atoms with van der Waals surface area (Å²) in [5, 5.41) is 0. The lowest BCUT2D eigenvalue weighted by atomic mass is 10.1. The van der Waals surface area contributed by atoms with Gasteiger partial charge >= 0.3 is 0 Å². The number of hydrogen-bond donors (Lipinski definition) is 0. The average Bonchev–Trinajstić information content (AvgIpc) is 3.39. The molecule has 6 nitrogen and oxygen atoms in total. The number of aryl methyl sites for hydroxylation is 1. The maximum atomic E-state index is 13.0. The summed E-state index contributed by atoms with van der Waals surface area (Å²) in [5.41, 5.74) is 3.77. The van der Waals surface area contributed by atoms with Crippen LogP contribution in [0.15, 0.2) is 85.2 Å². The average molecular weight is 424 g/mol. The monoisotopic (exact) mass is 423 g/mol. The molecule has 1 aliphatic rings. The second kappa shape index (κ2) is 8.67.